The lowest BCUT2D eigenvalue weighted by Crippen LogP contribution is -2.34. The van der Waals surface area contributed by atoms with Crippen LogP contribution in [0.3, 0.4) is 0 Å². The highest BCUT2D eigenvalue weighted by molar-refractivity contribution is 8.17. The third-order valence-electron chi connectivity index (χ3n) is 11.8. The van der Waals surface area contributed by atoms with Gasteiger partial charge in [-0.1, -0.05) is 105 Å². The van der Waals surface area contributed by atoms with Crippen molar-refractivity contribution in [2.24, 2.45) is 0 Å². The van der Waals surface area contributed by atoms with Crippen molar-refractivity contribution in [2.45, 2.75) is 112 Å². The van der Waals surface area contributed by atoms with Crippen molar-refractivity contribution >= 4 is 28.0 Å². The van der Waals surface area contributed by atoms with Crippen LogP contribution in [0, 0.1) is 0 Å². The Morgan fingerprint density at radius 1 is 0.612 bits per heavy atom. The van der Waals surface area contributed by atoms with E-state index in [-0.39, 0.29) is 21.7 Å². The molecule has 0 fully saturated rings. The highest BCUT2D eigenvalue weighted by atomic mass is 32.2. The van der Waals surface area contributed by atoms with Crippen molar-refractivity contribution in [1.82, 2.24) is 0 Å². The van der Waals surface area contributed by atoms with Gasteiger partial charge in [-0.3, -0.25) is 0 Å². The lowest BCUT2D eigenvalue weighted by Gasteiger charge is -2.46. The summed E-state index contributed by atoms with van der Waals surface area (Å²) >= 11 is 0. The van der Waals surface area contributed by atoms with Gasteiger partial charge in [0.15, 0.2) is 0 Å². The van der Waals surface area contributed by atoms with Crippen molar-refractivity contribution in [3.05, 3.63) is 119 Å². The molecule has 250 valence electrons. The van der Waals surface area contributed by atoms with Gasteiger partial charge in [-0.05, 0) is 93.8 Å². The van der Waals surface area contributed by atoms with E-state index in [0.717, 1.165) is 35.1 Å². The van der Waals surface area contributed by atoms with Crippen LogP contribution in [0.5, 0.6) is 23.0 Å². The van der Waals surface area contributed by atoms with E-state index in [2.05, 4.69) is 158 Å². The largest absolute Gasteiger partial charge is 0.455 e. The second kappa shape index (κ2) is 9.97. The zero-order valence-corrected chi connectivity index (χ0v) is 31.2. The van der Waals surface area contributed by atoms with Crippen LogP contribution in [0.15, 0.2) is 106 Å². The van der Waals surface area contributed by atoms with E-state index in [1.165, 1.54) is 60.3 Å². The molecule has 1 unspecified atom stereocenters. The fourth-order valence-corrected chi connectivity index (χ4v) is 11.4. The second-order valence-electron chi connectivity index (χ2n) is 17.4. The Bertz CT molecular complexity index is 2170. The van der Waals surface area contributed by atoms with E-state index in [1.54, 1.807) is 0 Å². The number of hydrogen-bond acceptors (Lipinski definition) is 3. The van der Waals surface area contributed by atoms with Gasteiger partial charge in [-0.2, -0.15) is 10.9 Å². The van der Waals surface area contributed by atoms with E-state index in [0.29, 0.717) is 0 Å². The number of ether oxygens (including phenoxy) is 2. The van der Waals surface area contributed by atoms with Gasteiger partial charge in [0.25, 0.3) is 0 Å². The standard InChI is InChI=1S/C45H47NO2S/c1-42(2,3)27-24-35-41-36(25-27)48-40-38(21-19-31-39(40)44(6,7)23-22-43(31,4)5)49(41)37-20-18-28(26-34(37)47-35)46-32-16-12-10-14-29(32)45(8,9)30-15-11-13-17-33(30)46/h10-21,24-26,49H,22-23H2,1-9H3. The molecule has 4 heteroatoms. The average Bonchev–Trinajstić information content (AvgIpc) is 3.06. The second-order valence-corrected chi connectivity index (χ2v) is 19.4. The topological polar surface area (TPSA) is 21.7 Å². The summed E-state index contributed by atoms with van der Waals surface area (Å²) < 4.78 is 14.2. The van der Waals surface area contributed by atoms with Crippen molar-refractivity contribution in [3.8, 4) is 23.0 Å². The number of anilines is 3. The van der Waals surface area contributed by atoms with Crippen LogP contribution in [0.1, 0.15) is 103 Å². The summed E-state index contributed by atoms with van der Waals surface area (Å²) in [6.07, 6.45) is 2.32. The highest BCUT2D eigenvalue weighted by Gasteiger charge is 2.45. The summed E-state index contributed by atoms with van der Waals surface area (Å²) in [6, 6.07) is 34.0. The minimum absolute atomic E-state index is 0.0231. The predicted molar refractivity (Wildman–Crippen MR) is 204 cm³/mol. The molecule has 49 heavy (non-hydrogen) atoms. The van der Waals surface area contributed by atoms with Gasteiger partial charge in [0.2, 0.25) is 0 Å². The Hall–Kier alpha value is -4.15. The fraction of sp³-hybridized carbons (Fsp3) is 0.333. The normalized spacial score (nSPS) is 20.7. The Kier molecular flexibility index (Phi) is 6.28. The first kappa shape index (κ1) is 30.9. The molecular formula is C45H47NO2S. The lowest BCUT2D eigenvalue weighted by molar-refractivity contribution is 0.314. The summed E-state index contributed by atoms with van der Waals surface area (Å²) in [6.45, 7) is 21.1. The van der Waals surface area contributed by atoms with Crippen LogP contribution in [-0.4, -0.2) is 0 Å². The number of nitrogens with zero attached hydrogens (tertiary/aromatic N) is 1. The third kappa shape index (κ3) is 4.35. The van der Waals surface area contributed by atoms with Gasteiger partial charge in [-0.15, -0.1) is 0 Å². The van der Waals surface area contributed by atoms with Crippen LogP contribution >= 0.6 is 10.9 Å². The van der Waals surface area contributed by atoms with Gasteiger partial charge in [0.1, 0.15) is 23.0 Å². The minimum Gasteiger partial charge on any atom is -0.455 e. The van der Waals surface area contributed by atoms with Crippen LogP contribution in [-0.2, 0) is 21.7 Å². The molecule has 0 saturated heterocycles. The fourth-order valence-electron chi connectivity index (χ4n) is 8.82. The van der Waals surface area contributed by atoms with E-state index in [1.807, 2.05) is 0 Å². The monoisotopic (exact) mass is 665 g/mol. The van der Waals surface area contributed by atoms with E-state index in [9.17, 15) is 0 Å². The molecule has 1 aliphatic carbocycles. The Balaban J connectivity index is 1.28. The summed E-state index contributed by atoms with van der Waals surface area (Å²) in [7, 11) is -0.906. The summed E-state index contributed by atoms with van der Waals surface area (Å²) in [5.74, 6) is 3.92. The molecule has 0 bridgehead atoms. The quantitative estimate of drug-likeness (QED) is 0.176. The first-order valence-corrected chi connectivity index (χ1v) is 19.2. The number of hydrogen-bond donors (Lipinski definition) is 1. The van der Waals surface area contributed by atoms with Crippen LogP contribution < -0.4 is 14.4 Å². The summed E-state index contributed by atoms with van der Waals surface area (Å²) in [5, 5.41) is 0. The SMILES string of the molecule is CC(C)(C)c1cc2c3c(c1)Oc1c(ccc4c1C(C)(C)CCC4(C)C)[SH]3c1ccc(N3c4ccccc4C(C)(C)c4ccccc43)cc1O2. The molecule has 3 aliphatic heterocycles. The third-order valence-corrected chi connectivity index (χ3v) is 14.4. The number of thiol groups is 1. The molecule has 0 radical (unpaired) electrons. The minimum atomic E-state index is -0.906. The maximum absolute atomic E-state index is 7.15. The predicted octanol–water partition coefficient (Wildman–Crippen LogP) is 13.1. The first-order valence-electron chi connectivity index (χ1n) is 17.8. The van der Waals surface area contributed by atoms with Gasteiger partial charge < -0.3 is 14.4 Å². The summed E-state index contributed by atoms with van der Waals surface area (Å²) in [5.41, 5.74) is 10.2. The number of rotatable bonds is 1. The molecule has 0 amide bonds. The number of fused-ring (bicyclic) bond motifs is 8. The van der Waals surface area contributed by atoms with Gasteiger partial charge >= 0.3 is 0 Å². The Labute approximate surface area is 294 Å². The molecule has 5 aromatic carbocycles. The molecule has 3 nitrogen and oxygen atoms in total. The molecule has 4 aliphatic rings. The maximum atomic E-state index is 7.15. The molecule has 0 saturated carbocycles. The Morgan fingerprint density at radius 2 is 1.20 bits per heavy atom. The molecule has 9 rings (SSSR count). The van der Waals surface area contributed by atoms with Gasteiger partial charge in [-0.25, -0.2) is 0 Å². The van der Waals surface area contributed by atoms with Crippen LogP contribution in [0.25, 0.3) is 0 Å². The molecule has 0 spiro atoms. The molecular weight excluding hydrogens is 619 g/mol. The maximum Gasteiger partial charge on any atom is 0.144 e. The first-order chi connectivity index (χ1) is 23.2. The smallest absolute Gasteiger partial charge is 0.144 e. The number of benzene rings is 5. The molecule has 0 aromatic heterocycles. The van der Waals surface area contributed by atoms with Crippen LogP contribution in [0.4, 0.5) is 17.1 Å². The van der Waals surface area contributed by atoms with Crippen molar-refractivity contribution < 1.29 is 9.47 Å². The van der Waals surface area contributed by atoms with Crippen molar-refractivity contribution in [1.29, 1.82) is 0 Å². The Morgan fingerprint density at radius 3 is 1.86 bits per heavy atom. The van der Waals surface area contributed by atoms with E-state index in [4.69, 9.17) is 9.47 Å². The molecule has 0 N–H and O–H groups in total. The van der Waals surface area contributed by atoms with Crippen LogP contribution in [0.2, 0.25) is 0 Å². The summed E-state index contributed by atoms with van der Waals surface area (Å²) in [4.78, 5) is 6.20. The van der Waals surface area contributed by atoms with E-state index < -0.39 is 10.9 Å². The average molecular weight is 666 g/mol. The molecule has 1 atom stereocenters. The van der Waals surface area contributed by atoms with Crippen molar-refractivity contribution in [2.75, 3.05) is 4.90 Å². The van der Waals surface area contributed by atoms with E-state index >= 15 is 0 Å². The van der Waals surface area contributed by atoms with Gasteiger partial charge in [0.05, 0.1) is 16.3 Å². The van der Waals surface area contributed by atoms with Crippen molar-refractivity contribution in [3.63, 3.8) is 0 Å². The molecule has 5 aromatic rings. The van der Waals surface area contributed by atoms with Gasteiger partial charge in [0, 0.05) is 32.5 Å². The zero-order chi connectivity index (χ0) is 34.2. The molecule has 3 heterocycles. The number of para-hydroxylation sites is 2. The highest BCUT2D eigenvalue weighted by Crippen LogP contribution is 2.71. The zero-order valence-electron chi connectivity index (χ0n) is 30.3. The lowest BCUT2D eigenvalue weighted by atomic mass is 9.63.